The van der Waals surface area contributed by atoms with Crippen LogP contribution in [0.2, 0.25) is 0 Å². The van der Waals surface area contributed by atoms with Crippen LogP contribution in [0.25, 0.3) is 0 Å². The van der Waals surface area contributed by atoms with Crippen LogP contribution in [0.3, 0.4) is 0 Å². The molecule has 0 aromatic heterocycles. The molecule has 1 heteroatoms. The molecule has 3 aliphatic rings. The second-order valence-corrected chi connectivity index (χ2v) is 5.44. The fraction of sp³-hybridized carbons (Fsp3) is 0.769. The van der Waals surface area contributed by atoms with E-state index < -0.39 is 0 Å². The van der Waals surface area contributed by atoms with Gasteiger partial charge in [0.15, 0.2) is 0 Å². The molecular formula is C13H18O. The molecule has 14 heavy (non-hydrogen) atoms. The summed E-state index contributed by atoms with van der Waals surface area (Å²) in [5.41, 5.74) is 1.58. The van der Waals surface area contributed by atoms with E-state index in [0.717, 1.165) is 12.8 Å². The van der Waals surface area contributed by atoms with Gasteiger partial charge in [0.25, 0.3) is 0 Å². The maximum absolute atomic E-state index is 12.2. The normalized spacial score (nSPS) is 50.6. The van der Waals surface area contributed by atoms with Crippen molar-refractivity contribution in [3.8, 4) is 0 Å². The van der Waals surface area contributed by atoms with Crippen LogP contribution in [-0.4, -0.2) is 5.78 Å². The van der Waals surface area contributed by atoms with E-state index in [4.69, 9.17) is 0 Å². The lowest BCUT2D eigenvalue weighted by Crippen LogP contribution is -2.37. The van der Waals surface area contributed by atoms with Gasteiger partial charge in [0, 0.05) is 11.8 Å². The van der Waals surface area contributed by atoms with Gasteiger partial charge in [-0.2, -0.15) is 0 Å². The monoisotopic (exact) mass is 190 g/mol. The van der Waals surface area contributed by atoms with Crippen LogP contribution in [0.1, 0.15) is 39.5 Å². The lowest BCUT2D eigenvalue weighted by atomic mass is 9.68. The number of allylic oxidation sites excluding steroid dienone is 2. The van der Waals surface area contributed by atoms with Crippen molar-refractivity contribution < 1.29 is 4.79 Å². The Morgan fingerprint density at radius 1 is 1.36 bits per heavy atom. The lowest BCUT2D eigenvalue weighted by molar-refractivity contribution is -0.129. The van der Waals surface area contributed by atoms with Crippen molar-refractivity contribution in [3.63, 3.8) is 0 Å². The Bertz CT molecular complexity index is 328. The van der Waals surface area contributed by atoms with Gasteiger partial charge >= 0.3 is 0 Å². The average molecular weight is 190 g/mol. The first-order valence-electron chi connectivity index (χ1n) is 5.89. The smallest absolute Gasteiger partial charge is 0.140 e. The molecule has 2 saturated carbocycles. The minimum atomic E-state index is 0.0735. The summed E-state index contributed by atoms with van der Waals surface area (Å²) in [6.07, 6.45) is 6.89. The zero-order valence-electron chi connectivity index (χ0n) is 9.05. The third kappa shape index (κ3) is 0.721. The van der Waals surface area contributed by atoms with Crippen LogP contribution in [-0.2, 0) is 4.79 Å². The van der Waals surface area contributed by atoms with E-state index in [2.05, 4.69) is 19.9 Å². The highest BCUT2D eigenvalue weighted by atomic mass is 16.1. The van der Waals surface area contributed by atoms with E-state index >= 15 is 0 Å². The number of Topliss-reactive ketones (excluding diaryl/α,β-unsaturated/α-hetero) is 1. The highest BCUT2D eigenvalue weighted by molar-refractivity contribution is 5.90. The summed E-state index contributed by atoms with van der Waals surface area (Å²) in [7, 11) is 0. The summed E-state index contributed by atoms with van der Waals surface area (Å²) >= 11 is 0. The first kappa shape index (κ1) is 8.70. The molecule has 0 aliphatic heterocycles. The molecule has 1 spiro atoms. The van der Waals surface area contributed by atoms with Gasteiger partial charge in [0.2, 0.25) is 0 Å². The molecule has 76 valence electrons. The Balaban J connectivity index is 2.14. The van der Waals surface area contributed by atoms with Gasteiger partial charge in [0.05, 0.1) is 0 Å². The van der Waals surface area contributed by atoms with Crippen LogP contribution in [0.5, 0.6) is 0 Å². The molecule has 0 aromatic rings. The minimum Gasteiger partial charge on any atom is -0.299 e. The first-order valence-corrected chi connectivity index (χ1v) is 5.89. The second-order valence-electron chi connectivity index (χ2n) is 5.44. The molecule has 0 amide bonds. The van der Waals surface area contributed by atoms with Crippen LogP contribution in [0.4, 0.5) is 0 Å². The van der Waals surface area contributed by atoms with Crippen LogP contribution in [0.15, 0.2) is 11.6 Å². The summed E-state index contributed by atoms with van der Waals surface area (Å²) in [6.45, 7) is 4.53. The van der Waals surface area contributed by atoms with E-state index in [-0.39, 0.29) is 5.41 Å². The molecule has 0 saturated heterocycles. The largest absolute Gasteiger partial charge is 0.299 e. The number of carbonyl (C=O) groups excluding carboxylic acids is 1. The maximum atomic E-state index is 12.2. The zero-order valence-corrected chi connectivity index (χ0v) is 9.05. The summed E-state index contributed by atoms with van der Waals surface area (Å²) in [4.78, 5) is 12.2. The number of hydrogen-bond donors (Lipinski definition) is 0. The van der Waals surface area contributed by atoms with Gasteiger partial charge in [-0.05, 0) is 43.9 Å². The predicted molar refractivity (Wildman–Crippen MR) is 55.8 cm³/mol. The van der Waals surface area contributed by atoms with Gasteiger partial charge in [-0.15, -0.1) is 0 Å². The molecule has 0 bridgehead atoms. The van der Waals surface area contributed by atoms with E-state index in [1.807, 2.05) is 0 Å². The third-order valence-electron chi connectivity index (χ3n) is 5.07. The highest BCUT2D eigenvalue weighted by Gasteiger charge is 2.62. The van der Waals surface area contributed by atoms with Crippen LogP contribution >= 0.6 is 0 Å². The van der Waals surface area contributed by atoms with Gasteiger partial charge in [-0.25, -0.2) is 0 Å². The van der Waals surface area contributed by atoms with Crippen LogP contribution < -0.4 is 0 Å². The molecule has 3 aliphatic carbocycles. The van der Waals surface area contributed by atoms with E-state index in [9.17, 15) is 4.79 Å². The molecule has 4 atom stereocenters. The van der Waals surface area contributed by atoms with Crippen molar-refractivity contribution in [2.45, 2.75) is 39.5 Å². The summed E-state index contributed by atoms with van der Waals surface area (Å²) in [5.74, 6) is 2.40. The van der Waals surface area contributed by atoms with Crippen molar-refractivity contribution in [1.82, 2.24) is 0 Å². The summed E-state index contributed by atoms with van der Waals surface area (Å²) < 4.78 is 0. The molecular weight excluding hydrogens is 172 g/mol. The highest BCUT2D eigenvalue weighted by Crippen LogP contribution is 2.64. The molecule has 0 heterocycles. The van der Waals surface area contributed by atoms with Crippen molar-refractivity contribution in [2.24, 2.45) is 23.2 Å². The van der Waals surface area contributed by atoms with Gasteiger partial charge < -0.3 is 0 Å². The lowest BCUT2D eigenvalue weighted by Gasteiger charge is -2.33. The first-order chi connectivity index (χ1) is 6.67. The number of rotatable bonds is 0. The standard InChI is InChI=1S/C13H18O/c1-8-7-10-4-6-12(14)13(10)9(2)3-5-11(8)13/h7,9-11H,3-6H2,1-2H3/t9-,10+,11+,13+/m1/s1. The Morgan fingerprint density at radius 2 is 2.14 bits per heavy atom. The second kappa shape index (κ2) is 2.50. The Kier molecular flexibility index (Phi) is 1.55. The van der Waals surface area contributed by atoms with Crippen molar-refractivity contribution in [1.29, 1.82) is 0 Å². The molecule has 0 unspecified atom stereocenters. The van der Waals surface area contributed by atoms with Crippen molar-refractivity contribution in [3.05, 3.63) is 11.6 Å². The van der Waals surface area contributed by atoms with Gasteiger partial charge in [-0.3, -0.25) is 4.79 Å². The topological polar surface area (TPSA) is 17.1 Å². The Morgan fingerprint density at radius 3 is 2.93 bits per heavy atom. The van der Waals surface area contributed by atoms with Gasteiger partial charge in [0.1, 0.15) is 5.78 Å². The predicted octanol–water partition coefficient (Wildman–Crippen LogP) is 2.96. The van der Waals surface area contributed by atoms with E-state index in [1.54, 1.807) is 0 Å². The SMILES string of the molecule is CC1=C[C@@H]2CCC(=O)[C@@]23[C@H](C)CC[C@@H]13. The fourth-order valence-corrected chi connectivity index (χ4v) is 4.54. The third-order valence-corrected chi connectivity index (χ3v) is 5.07. The average Bonchev–Trinajstić information content (AvgIpc) is 2.71. The molecule has 0 N–H and O–H groups in total. The Hall–Kier alpha value is -0.590. The summed E-state index contributed by atoms with van der Waals surface area (Å²) in [6, 6.07) is 0. The fourth-order valence-electron chi connectivity index (χ4n) is 4.54. The van der Waals surface area contributed by atoms with Crippen LogP contribution in [0, 0.1) is 23.2 Å². The molecule has 2 fully saturated rings. The number of hydrogen-bond acceptors (Lipinski definition) is 1. The molecule has 3 rings (SSSR count). The molecule has 1 nitrogen and oxygen atoms in total. The number of ketones is 1. The molecule has 0 radical (unpaired) electrons. The number of carbonyl (C=O) groups is 1. The van der Waals surface area contributed by atoms with E-state index in [0.29, 0.717) is 23.5 Å². The van der Waals surface area contributed by atoms with Gasteiger partial charge in [-0.1, -0.05) is 18.6 Å². The molecule has 0 aromatic carbocycles. The zero-order chi connectivity index (χ0) is 9.92. The van der Waals surface area contributed by atoms with Crippen molar-refractivity contribution in [2.75, 3.05) is 0 Å². The van der Waals surface area contributed by atoms with E-state index in [1.165, 1.54) is 18.4 Å². The minimum absolute atomic E-state index is 0.0735. The van der Waals surface area contributed by atoms with Crippen molar-refractivity contribution >= 4 is 5.78 Å². The maximum Gasteiger partial charge on any atom is 0.140 e. The summed E-state index contributed by atoms with van der Waals surface area (Å²) in [5, 5.41) is 0. The Labute approximate surface area is 85.6 Å². The quantitative estimate of drug-likeness (QED) is 0.537.